The molecule has 3 rings (SSSR count). The molecule has 0 aliphatic heterocycles. The van der Waals surface area contributed by atoms with E-state index in [1.54, 1.807) is 6.20 Å². The van der Waals surface area contributed by atoms with Crippen molar-refractivity contribution in [3.8, 4) is 11.3 Å². The van der Waals surface area contributed by atoms with Gasteiger partial charge in [0.2, 0.25) is 0 Å². The van der Waals surface area contributed by atoms with Crippen molar-refractivity contribution in [3.05, 3.63) is 71.7 Å². The summed E-state index contributed by atoms with van der Waals surface area (Å²) in [6.45, 7) is 0.452. The lowest BCUT2D eigenvalue weighted by atomic mass is 10.1. The van der Waals surface area contributed by atoms with E-state index in [0.717, 1.165) is 11.6 Å². The third kappa shape index (κ3) is 4.49. The lowest BCUT2D eigenvalue weighted by Crippen LogP contribution is -2.27. The molecule has 1 N–H and O–H groups in total. The number of nitrogens with one attached hydrogen (secondary N) is 1. The molecule has 0 aliphatic rings. The van der Waals surface area contributed by atoms with Gasteiger partial charge >= 0.3 is 6.18 Å². The number of carbonyl (C=O) groups excluding carboxylic acids is 1. The summed E-state index contributed by atoms with van der Waals surface area (Å²) < 4.78 is 52.7. The first-order chi connectivity index (χ1) is 12.8. The van der Waals surface area contributed by atoms with Gasteiger partial charge in [0.1, 0.15) is 11.5 Å². The van der Waals surface area contributed by atoms with E-state index in [0.29, 0.717) is 24.4 Å². The van der Waals surface area contributed by atoms with Gasteiger partial charge in [0, 0.05) is 17.7 Å². The number of benzene rings is 2. The number of amides is 1. The Labute approximate surface area is 151 Å². The van der Waals surface area contributed by atoms with Crippen LogP contribution in [-0.2, 0) is 12.7 Å². The summed E-state index contributed by atoms with van der Waals surface area (Å²) in [4.78, 5) is 12.0. The van der Waals surface area contributed by atoms with E-state index < -0.39 is 23.5 Å². The second-order valence-corrected chi connectivity index (χ2v) is 5.68. The molecule has 140 valence electrons. The summed E-state index contributed by atoms with van der Waals surface area (Å²) in [6.07, 6.45) is -3.10. The predicted octanol–water partition coefficient (Wildman–Crippen LogP) is 3.53. The van der Waals surface area contributed by atoms with Crippen molar-refractivity contribution in [3.63, 3.8) is 0 Å². The third-order valence-corrected chi connectivity index (χ3v) is 3.77. The average Bonchev–Trinajstić information content (AvgIpc) is 3.10. The number of halogens is 4. The van der Waals surface area contributed by atoms with Crippen LogP contribution >= 0.6 is 0 Å². The summed E-state index contributed by atoms with van der Waals surface area (Å²) in [7, 11) is 0. The zero-order chi connectivity index (χ0) is 19.4. The Morgan fingerprint density at radius 1 is 1.11 bits per heavy atom. The monoisotopic (exact) mass is 378 g/mol. The molecule has 1 aromatic heterocycles. The first-order valence-corrected chi connectivity index (χ1v) is 7.95. The first-order valence-electron chi connectivity index (χ1n) is 7.95. The molecule has 27 heavy (non-hydrogen) atoms. The number of hydrogen-bond donors (Lipinski definition) is 1. The molecule has 3 aromatic rings. The molecule has 0 radical (unpaired) electrons. The van der Waals surface area contributed by atoms with Crippen molar-refractivity contribution in [2.24, 2.45) is 0 Å². The van der Waals surface area contributed by atoms with Crippen LogP contribution < -0.4 is 5.32 Å². The molecular weight excluding hydrogens is 364 g/mol. The Bertz CT molecular complexity index is 938. The molecule has 9 heteroatoms. The standard InChI is InChI=1S/C18H14F4N4O/c19-15-10-13(6-7-14(15)18(20,21)22)17(27)23-8-9-26-11-16(24-25-26)12-4-2-1-3-5-12/h1-7,10-11H,8-9H2,(H,23,27). The van der Waals surface area contributed by atoms with Crippen LogP contribution in [0.4, 0.5) is 17.6 Å². The highest BCUT2D eigenvalue weighted by Crippen LogP contribution is 2.31. The minimum atomic E-state index is -4.80. The Morgan fingerprint density at radius 2 is 1.85 bits per heavy atom. The fourth-order valence-electron chi connectivity index (χ4n) is 2.42. The van der Waals surface area contributed by atoms with Crippen molar-refractivity contribution in [2.45, 2.75) is 12.7 Å². The lowest BCUT2D eigenvalue weighted by molar-refractivity contribution is -0.140. The Morgan fingerprint density at radius 3 is 2.52 bits per heavy atom. The summed E-state index contributed by atoms with van der Waals surface area (Å²) >= 11 is 0. The second kappa shape index (κ2) is 7.56. The highest BCUT2D eigenvalue weighted by atomic mass is 19.4. The molecule has 1 amide bonds. The minimum absolute atomic E-state index is 0.152. The van der Waals surface area contributed by atoms with E-state index in [1.807, 2.05) is 30.3 Å². The maximum Gasteiger partial charge on any atom is 0.419 e. The number of carbonyl (C=O) groups is 1. The van der Waals surface area contributed by atoms with Crippen molar-refractivity contribution >= 4 is 5.91 Å². The van der Waals surface area contributed by atoms with Crippen LogP contribution in [0.2, 0.25) is 0 Å². The number of aromatic nitrogens is 3. The van der Waals surface area contributed by atoms with Crippen LogP contribution in [0, 0.1) is 5.82 Å². The average molecular weight is 378 g/mol. The van der Waals surface area contributed by atoms with Crippen LogP contribution in [0.25, 0.3) is 11.3 Å². The molecule has 0 atom stereocenters. The first kappa shape index (κ1) is 18.6. The molecule has 5 nitrogen and oxygen atoms in total. The summed E-state index contributed by atoms with van der Waals surface area (Å²) in [5, 5.41) is 10.5. The number of alkyl halides is 3. The van der Waals surface area contributed by atoms with E-state index in [2.05, 4.69) is 15.6 Å². The zero-order valence-electron chi connectivity index (χ0n) is 13.9. The van der Waals surface area contributed by atoms with E-state index in [4.69, 9.17) is 0 Å². The molecule has 1 heterocycles. The van der Waals surface area contributed by atoms with E-state index in [-0.39, 0.29) is 12.1 Å². The summed E-state index contributed by atoms with van der Waals surface area (Å²) in [6, 6.07) is 11.5. The molecule has 0 unspecified atom stereocenters. The smallest absolute Gasteiger partial charge is 0.350 e. The number of nitrogens with zero attached hydrogens (tertiary/aromatic N) is 3. The van der Waals surface area contributed by atoms with Crippen molar-refractivity contribution in [1.82, 2.24) is 20.3 Å². The van der Waals surface area contributed by atoms with Gasteiger partial charge in [-0.25, -0.2) is 4.39 Å². The van der Waals surface area contributed by atoms with Crippen LogP contribution in [0.1, 0.15) is 15.9 Å². The van der Waals surface area contributed by atoms with Crippen LogP contribution in [-0.4, -0.2) is 27.4 Å². The van der Waals surface area contributed by atoms with Gasteiger partial charge in [0.05, 0.1) is 18.3 Å². The molecule has 0 bridgehead atoms. The van der Waals surface area contributed by atoms with Gasteiger partial charge in [-0.2, -0.15) is 13.2 Å². The highest BCUT2D eigenvalue weighted by Gasteiger charge is 2.34. The van der Waals surface area contributed by atoms with Crippen LogP contribution in [0.5, 0.6) is 0 Å². The maximum atomic E-state index is 13.5. The van der Waals surface area contributed by atoms with Gasteiger partial charge in [-0.15, -0.1) is 5.10 Å². The maximum absolute atomic E-state index is 13.5. The van der Waals surface area contributed by atoms with Gasteiger partial charge in [-0.1, -0.05) is 35.5 Å². The normalized spacial score (nSPS) is 11.4. The fourth-order valence-corrected chi connectivity index (χ4v) is 2.42. The van der Waals surface area contributed by atoms with Crippen molar-refractivity contribution < 1.29 is 22.4 Å². The number of rotatable bonds is 5. The van der Waals surface area contributed by atoms with Crippen LogP contribution in [0.3, 0.4) is 0 Å². The van der Waals surface area contributed by atoms with E-state index in [9.17, 15) is 22.4 Å². The van der Waals surface area contributed by atoms with Crippen LogP contribution in [0.15, 0.2) is 54.7 Å². The predicted molar refractivity (Wildman–Crippen MR) is 89.2 cm³/mol. The number of hydrogen-bond acceptors (Lipinski definition) is 3. The SMILES string of the molecule is O=C(NCCn1cc(-c2ccccc2)nn1)c1ccc(C(F)(F)F)c(F)c1. The Balaban J connectivity index is 1.57. The molecule has 0 saturated carbocycles. The largest absolute Gasteiger partial charge is 0.419 e. The summed E-state index contributed by atoms with van der Waals surface area (Å²) in [5.74, 6) is -2.16. The summed E-state index contributed by atoms with van der Waals surface area (Å²) in [5.41, 5.74) is -0.0288. The molecule has 0 saturated heterocycles. The van der Waals surface area contributed by atoms with Gasteiger partial charge in [-0.3, -0.25) is 9.48 Å². The highest BCUT2D eigenvalue weighted by molar-refractivity contribution is 5.94. The third-order valence-electron chi connectivity index (χ3n) is 3.77. The fraction of sp³-hybridized carbons (Fsp3) is 0.167. The lowest BCUT2D eigenvalue weighted by Gasteiger charge is -2.09. The quantitative estimate of drug-likeness (QED) is 0.691. The van der Waals surface area contributed by atoms with E-state index >= 15 is 0 Å². The molecule has 0 spiro atoms. The molecular formula is C18H14F4N4O. The Hall–Kier alpha value is -3.23. The van der Waals surface area contributed by atoms with E-state index in [1.165, 1.54) is 4.68 Å². The minimum Gasteiger partial charge on any atom is -0.350 e. The Kier molecular flexibility index (Phi) is 5.20. The molecule has 0 aliphatic carbocycles. The molecule has 0 fully saturated rings. The topological polar surface area (TPSA) is 59.8 Å². The second-order valence-electron chi connectivity index (χ2n) is 5.68. The van der Waals surface area contributed by atoms with Crippen molar-refractivity contribution in [1.29, 1.82) is 0 Å². The van der Waals surface area contributed by atoms with Gasteiger partial charge < -0.3 is 5.32 Å². The van der Waals surface area contributed by atoms with Gasteiger partial charge in [0.25, 0.3) is 5.91 Å². The zero-order valence-corrected chi connectivity index (χ0v) is 13.9. The molecule has 2 aromatic carbocycles. The van der Waals surface area contributed by atoms with Gasteiger partial charge in [-0.05, 0) is 18.2 Å². The van der Waals surface area contributed by atoms with Crippen molar-refractivity contribution in [2.75, 3.05) is 6.54 Å². The van der Waals surface area contributed by atoms with Gasteiger partial charge in [0.15, 0.2) is 0 Å².